The van der Waals surface area contributed by atoms with Crippen molar-refractivity contribution in [1.29, 1.82) is 0 Å². The lowest BCUT2D eigenvalue weighted by Crippen LogP contribution is -2.29. The molecule has 3 N–H and O–H groups in total. The minimum Gasteiger partial charge on any atom is -0.396 e. The van der Waals surface area contributed by atoms with Crippen molar-refractivity contribution in [1.82, 2.24) is 10.3 Å². The van der Waals surface area contributed by atoms with E-state index in [-0.39, 0.29) is 12.0 Å². The Morgan fingerprint density at radius 3 is 2.89 bits per heavy atom. The molecule has 1 aromatic heterocycles. The minimum atomic E-state index is 0.144. The van der Waals surface area contributed by atoms with Crippen LogP contribution in [0.2, 0.25) is 0 Å². The fourth-order valence-electron chi connectivity index (χ4n) is 2.14. The summed E-state index contributed by atoms with van der Waals surface area (Å²) in [5.74, 6) is 0. The first-order valence-electron chi connectivity index (χ1n) is 6.48. The largest absolute Gasteiger partial charge is 0.396 e. The zero-order valence-corrected chi connectivity index (χ0v) is 11.2. The Kier molecular flexibility index (Phi) is 4.04. The van der Waals surface area contributed by atoms with Crippen LogP contribution in [0.1, 0.15) is 25.8 Å². The molecule has 0 saturated carbocycles. The van der Waals surface area contributed by atoms with Gasteiger partial charge < -0.3 is 15.4 Å². The molecule has 3 heteroatoms. The number of aromatic amines is 1. The summed E-state index contributed by atoms with van der Waals surface area (Å²) < 4.78 is 0. The van der Waals surface area contributed by atoms with Gasteiger partial charge in [-0.15, -0.1) is 0 Å². The van der Waals surface area contributed by atoms with Crippen molar-refractivity contribution in [2.45, 2.75) is 26.8 Å². The summed E-state index contributed by atoms with van der Waals surface area (Å²) in [6, 6.07) is 8.56. The SMILES string of the molecule is CC(C)(CCO)CNCc1ccc2cc[nH]c2c1. The number of hydrogen-bond donors (Lipinski definition) is 3. The number of aliphatic hydroxyl groups is 1. The van der Waals surface area contributed by atoms with E-state index < -0.39 is 0 Å². The van der Waals surface area contributed by atoms with E-state index in [2.05, 4.69) is 48.4 Å². The van der Waals surface area contributed by atoms with E-state index in [0.717, 1.165) is 19.5 Å². The monoisotopic (exact) mass is 246 g/mol. The van der Waals surface area contributed by atoms with Crippen molar-refractivity contribution in [2.24, 2.45) is 5.41 Å². The number of H-pyrrole nitrogens is 1. The molecular weight excluding hydrogens is 224 g/mol. The topological polar surface area (TPSA) is 48.0 Å². The molecule has 2 rings (SSSR count). The maximum atomic E-state index is 8.98. The highest BCUT2D eigenvalue weighted by Crippen LogP contribution is 2.19. The molecule has 0 aliphatic heterocycles. The number of aliphatic hydroxyl groups excluding tert-OH is 1. The van der Waals surface area contributed by atoms with E-state index in [1.807, 2.05) is 6.20 Å². The van der Waals surface area contributed by atoms with Gasteiger partial charge in [-0.3, -0.25) is 0 Å². The van der Waals surface area contributed by atoms with E-state index in [0.29, 0.717) is 0 Å². The standard InChI is InChI=1S/C15H22N2O/c1-15(2,6-8-18)11-16-10-12-3-4-13-5-7-17-14(13)9-12/h3-5,7,9,16-18H,6,8,10-11H2,1-2H3. The second-order valence-corrected chi connectivity index (χ2v) is 5.64. The van der Waals surface area contributed by atoms with Gasteiger partial charge in [0, 0.05) is 31.4 Å². The molecule has 0 bridgehead atoms. The molecule has 18 heavy (non-hydrogen) atoms. The summed E-state index contributed by atoms with van der Waals surface area (Å²) in [5, 5.41) is 13.7. The summed E-state index contributed by atoms with van der Waals surface area (Å²) in [7, 11) is 0. The van der Waals surface area contributed by atoms with Crippen LogP contribution in [0.5, 0.6) is 0 Å². The Morgan fingerprint density at radius 1 is 1.28 bits per heavy atom. The summed E-state index contributed by atoms with van der Waals surface area (Å²) in [5.41, 5.74) is 2.61. The Hall–Kier alpha value is -1.32. The molecule has 0 aliphatic rings. The van der Waals surface area contributed by atoms with Crippen LogP contribution >= 0.6 is 0 Å². The number of aromatic nitrogens is 1. The Morgan fingerprint density at radius 2 is 2.11 bits per heavy atom. The van der Waals surface area contributed by atoms with Crippen LogP contribution in [-0.4, -0.2) is 23.2 Å². The van der Waals surface area contributed by atoms with Crippen LogP contribution in [0.25, 0.3) is 10.9 Å². The van der Waals surface area contributed by atoms with E-state index in [4.69, 9.17) is 5.11 Å². The maximum absolute atomic E-state index is 8.98. The molecule has 0 radical (unpaired) electrons. The first-order chi connectivity index (χ1) is 8.61. The third-order valence-corrected chi connectivity index (χ3v) is 3.34. The molecule has 0 aliphatic carbocycles. The van der Waals surface area contributed by atoms with Gasteiger partial charge in [-0.1, -0.05) is 26.0 Å². The summed E-state index contributed by atoms with van der Waals surface area (Å²) in [6.45, 7) is 6.37. The van der Waals surface area contributed by atoms with Crippen LogP contribution in [-0.2, 0) is 6.54 Å². The average Bonchev–Trinajstić information content (AvgIpc) is 2.75. The van der Waals surface area contributed by atoms with Gasteiger partial charge in [0.15, 0.2) is 0 Å². The predicted molar refractivity (Wildman–Crippen MR) is 75.5 cm³/mol. The third-order valence-electron chi connectivity index (χ3n) is 3.34. The number of benzene rings is 1. The lowest BCUT2D eigenvalue weighted by molar-refractivity contribution is 0.207. The second kappa shape index (κ2) is 5.55. The molecule has 0 saturated heterocycles. The van der Waals surface area contributed by atoms with E-state index in [1.165, 1.54) is 16.5 Å². The van der Waals surface area contributed by atoms with Crippen LogP contribution in [0.3, 0.4) is 0 Å². The summed E-state index contributed by atoms with van der Waals surface area (Å²) in [6.07, 6.45) is 2.79. The third kappa shape index (κ3) is 3.34. The van der Waals surface area contributed by atoms with Gasteiger partial charge in [-0.25, -0.2) is 0 Å². The molecular formula is C15H22N2O. The molecule has 0 fully saturated rings. The van der Waals surface area contributed by atoms with Gasteiger partial charge in [0.05, 0.1) is 0 Å². The van der Waals surface area contributed by atoms with Gasteiger partial charge in [-0.2, -0.15) is 0 Å². The molecule has 98 valence electrons. The van der Waals surface area contributed by atoms with Crippen LogP contribution in [0.4, 0.5) is 0 Å². The fraction of sp³-hybridized carbons (Fsp3) is 0.467. The van der Waals surface area contributed by atoms with Crippen LogP contribution in [0.15, 0.2) is 30.5 Å². The zero-order valence-electron chi connectivity index (χ0n) is 11.2. The smallest absolute Gasteiger partial charge is 0.0457 e. The van der Waals surface area contributed by atoms with Crippen LogP contribution < -0.4 is 5.32 Å². The Bertz CT molecular complexity index is 502. The quantitative estimate of drug-likeness (QED) is 0.734. The van der Waals surface area contributed by atoms with Gasteiger partial charge in [-0.05, 0) is 34.9 Å². The van der Waals surface area contributed by atoms with Gasteiger partial charge >= 0.3 is 0 Å². The average molecular weight is 246 g/mol. The first-order valence-corrected chi connectivity index (χ1v) is 6.48. The molecule has 0 atom stereocenters. The predicted octanol–water partition coefficient (Wildman–Crippen LogP) is 2.67. The highest BCUT2D eigenvalue weighted by molar-refractivity contribution is 5.79. The fourth-order valence-corrected chi connectivity index (χ4v) is 2.14. The zero-order chi connectivity index (χ0) is 13.0. The van der Waals surface area contributed by atoms with Crippen molar-refractivity contribution in [3.63, 3.8) is 0 Å². The molecule has 1 aromatic carbocycles. The van der Waals surface area contributed by atoms with E-state index in [9.17, 15) is 0 Å². The summed E-state index contributed by atoms with van der Waals surface area (Å²) >= 11 is 0. The van der Waals surface area contributed by atoms with Gasteiger partial charge in [0.25, 0.3) is 0 Å². The van der Waals surface area contributed by atoms with Crippen molar-refractivity contribution in [2.75, 3.05) is 13.2 Å². The molecule has 0 unspecified atom stereocenters. The lowest BCUT2D eigenvalue weighted by Gasteiger charge is -2.24. The van der Waals surface area contributed by atoms with Gasteiger partial charge in [0.2, 0.25) is 0 Å². The van der Waals surface area contributed by atoms with Gasteiger partial charge in [0.1, 0.15) is 0 Å². The number of hydrogen-bond acceptors (Lipinski definition) is 2. The highest BCUT2D eigenvalue weighted by atomic mass is 16.3. The number of fused-ring (bicyclic) bond motifs is 1. The minimum absolute atomic E-state index is 0.144. The number of nitrogens with one attached hydrogen (secondary N) is 2. The highest BCUT2D eigenvalue weighted by Gasteiger charge is 2.16. The molecule has 0 amide bonds. The van der Waals surface area contributed by atoms with E-state index in [1.54, 1.807) is 0 Å². The Labute approximate surface area is 108 Å². The van der Waals surface area contributed by atoms with Crippen LogP contribution in [0, 0.1) is 5.41 Å². The normalized spacial score (nSPS) is 12.2. The molecule has 3 nitrogen and oxygen atoms in total. The Balaban J connectivity index is 1.90. The van der Waals surface area contributed by atoms with Crippen molar-refractivity contribution in [3.05, 3.63) is 36.0 Å². The molecule has 1 heterocycles. The molecule has 0 spiro atoms. The van der Waals surface area contributed by atoms with Crippen molar-refractivity contribution >= 4 is 10.9 Å². The molecule has 2 aromatic rings. The summed E-state index contributed by atoms with van der Waals surface area (Å²) in [4.78, 5) is 3.23. The first kappa shape index (κ1) is 13.1. The number of rotatable bonds is 6. The maximum Gasteiger partial charge on any atom is 0.0457 e. The van der Waals surface area contributed by atoms with Crippen molar-refractivity contribution < 1.29 is 5.11 Å². The van der Waals surface area contributed by atoms with Crippen molar-refractivity contribution in [3.8, 4) is 0 Å². The lowest BCUT2D eigenvalue weighted by atomic mass is 9.90. The second-order valence-electron chi connectivity index (χ2n) is 5.64. The van der Waals surface area contributed by atoms with E-state index >= 15 is 0 Å².